The highest BCUT2D eigenvalue weighted by Crippen LogP contribution is 2.20. The highest BCUT2D eigenvalue weighted by atomic mass is 32.1. The summed E-state index contributed by atoms with van der Waals surface area (Å²) in [7, 11) is 1.65. The summed E-state index contributed by atoms with van der Waals surface area (Å²) in [5.41, 5.74) is 3.05. The molecule has 1 aromatic carbocycles. The van der Waals surface area contributed by atoms with Gasteiger partial charge in [0.2, 0.25) is 11.7 Å². The van der Waals surface area contributed by atoms with Gasteiger partial charge in [0.15, 0.2) is 0 Å². The second-order valence-electron chi connectivity index (χ2n) is 7.81. The number of methoxy groups -OCH3 is 1. The molecule has 4 rings (SSSR count). The Kier molecular flexibility index (Phi) is 6.96. The zero-order valence-electron chi connectivity index (χ0n) is 18.3. The average molecular weight is 454 g/mol. The highest BCUT2D eigenvalue weighted by molar-refractivity contribution is 7.17. The van der Waals surface area contributed by atoms with Crippen LogP contribution in [0.1, 0.15) is 36.2 Å². The quantitative estimate of drug-likeness (QED) is 0.373. The van der Waals surface area contributed by atoms with Gasteiger partial charge in [0, 0.05) is 39.6 Å². The molecule has 32 heavy (non-hydrogen) atoms. The maximum atomic E-state index is 12.9. The molecule has 0 aliphatic rings. The van der Waals surface area contributed by atoms with Crippen LogP contribution in [0.2, 0.25) is 0 Å². The van der Waals surface area contributed by atoms with E-state index in [0.29, 0.717) is 55.9 Å². The van der Waals surface area contributed by atoms with E-state index in [4.69, 9.17) is 4.74 Å². The van der Waals surface area contributed by atoms with Gasteiger partial charge in [-0.15, -0.1) is 21.5 Å². The smallest absolute Gasteiger partial charge is 0.272 e. The standard InChI is InChI=1S/C23H27N5O3S/c1-16-7-9-17(10-8-16)15-24-20(29)6-3-5-19-25-26-23-27(12-4-13-31-2)22(30)21-18(28(19)23)11-14-32-21/h7-11,14H,3-6,12-13,15H2,1-2H3,(H,24,29). The third kappa shape index (κ3) is 4.73. The van der Waals surface area contributed by atoms with Gasteiger partial charge in [-0.1, -0.05) is 29.8 Å². The van der Waals surface area contributed by atoms with Crippen molar-refractivity contribution >= 4 is 33.2 Å². The van der Waals surface area contributed by atoms with Gasteiger partial charge < -0.3 is 10.1 Å². The molecule has 0 aliphatic heterocycles. The summed E-state index contributed by atoms with van der Waals surface area (Å²) < 4.78 is 9.43. The van der Waals surface area contributed by atoms with Crippen LogP contribution in [-0.2, 0) is 29.0 Å². The molecule has 0 atom stereocenters. The SMILES string of the molecule is COCCCn1c(=O)c2sccc2n2c(CCCC(=O)NCc3ccc(C)cc3)nnc12. The first-order chi connectivity index (χ1) is 15.6. The van der Waals surface area contributed by atoms with Gasteiger partial charge in [-0.2, -0.15) is 0 Å². The fraction of sp³-hybridized carbons (Fsp3) is 0.391. The van der Waals surface area contributed by atoms with Crippen LogP contribution in [0.3, 0.4) is 0 Å². The lowest BCUT2D eigenvalue weighted by Gasteiger charge is -2.09. The van der Waals surface area contributed by atoms with Gasteiger partial charge in [0.1, 0.15) is 10.5 Å². The maximum Gasteiger partial charge on any atom is 0.272 e. The normalized spacial score (nSPS) is 11.4. The van der Waals surface area contributed by atoms with E-state index in [1.807, 2.05) is 47.0 Å². The molecule has 9 heteroatoms. The molecule has 0 spiro atoms. The van der Waals surface area contributed by atoms with E-state index in [-0.39, 0.29) is 11.5 Å². The summed E-state index contributed by atoms with van der Waals surface area (Å²) >= 11 is 1.42. The Labute approximate surface area is 189 Å². The Morgan fingerprint density at radius 3 is 2.75 bits per heavy atom. The fourth-order valence-corrected chi connectivity index (χ4v) is 4.54. The number of aromatic nitrogens is 4. The van der Waals surface area contributed by atoms with Crippen molar-refractivity contribution < 1.29 is 9.53 Å². The number of carbonyl (C=O) groups is 1. The Hall–Kier alpha value is -3.04. The molecule has 1 amide bonds. The number of hydrogen-bond donors (Lipinski definition) is 1. The molecular weight excluding hydrogens is 426 g/mol. The van der Waals surface area contributed by atoms with Gasteiger partial charge in [-0.3, -0.25) is 18.6 Å². The lowest BCUT2D eigenvalue weighted by molar-refractivity contribution is -0.121. The second kappa shape index (κ2) is 10.1. The van der Waals surface area contributed by atoms with E-state index < -0.39 is 0 Å². The number of aryl methyl sites for hydroxylation is 3. The van der Waals surface area contributed by atoms with Crippen molar-refractivity contribution in [2.24, 2.45) is 0 Å². The molecule has 0 radical (unpaired) electrons. The molecular formula is C23H27N5O3S. The topological polar surface area (TPSA) is 90.5 Å². The Morgan fingerprint density at radius 2 is 1.97 bits per heavy atom. The number of nitrogens with zero attached hydrogens (tertiary/aromatic N) is 4. The minimum Gasteiger partial charge on any atom is -0.385 e. The van der Waals surface area contributed by atoms with Crippen molar-refractivity contribution in [1.82, 2.24) is 24.5 Å². The van der Waals surface area contributed by atoms with Gasteiger partial charge >= 0.3 is 0 Å². The number of carbonyl (C=O) groups excluding carboxylic acids is 1. The third-order valence-corrected chi connectivity index (χ3v) is 6.32. The van der Waals surface area contributed by atoms with E-state index >= 15 is 0 Å². The molecule has 4 aromatic rings. The van der Waals surface area contributed by atoms with Crippen molar-refractivity contribution in [1.29, 1.82) is 0 Å². The van der Waals surface area contributed by atoms with Crippen LogP contribution in [0.5, 0.6) is 0 Å². The Bertz CT molecular complexity index is 1270. The molecule has 0 unspecified atom stereocenters. The minimum absolute atomic E-state index is 0.0107. The number of benzene rings is 1. The largest absolute Gasteiger partial charge is 0.385 e. The van der Waals surface area contributed by atoms with Crippen LogP contribution in [0, 0.1) is 6.92 Å². The van der Waals surface area contributed by atoms with E-state index in [9.17, 15) is 9.59 Å². The van der Waals surface area contributed by atoms with Crippen molar-refractivity contribution in [3.63, 3.8) is 0 Å². The fourth-order valence-electron chi connectivity index (χ4n) is 3.71. The summed E-state index contributed by atoms with van der Waals surface area (Å²) in [5.74, 6) is 1.31. The Balaban J connectivity index is 1.44. The summed E-state index contributed by atoms with van der Waals surface area (Å²) in [5, 5.41) is 13.5. The number of nitrogens with one attached hydrogen (secondary N) is 1. The number of hydrogen-bond acceptors (Lipinski definition) is 6. The van der Waals surface area contributed by atoms with E-state index in [2.05, 4.69) is 15.5 Å². The van der Waals surface area contributed by atoms with Crippen LogP contribution in [0.25, 0.3) is 16.0 Å². The molecule has 3 aromatic heterocycles. The first-order valence-electron chi connectivity index (χ1n) is 10.7. The molecule has 0 fully saturated rings. The summed E-state index contributed by atoms with van der Waals surface area (Å²) in [6.45, 7) is 3.65. The second-order valence-corrected chi connectivity index (χ2v) is 8.72. The van der Waals surface area contributed by atoms with Crippen molar-refractivity contribution in [2.45, 2.75) is 45.7 Å². The van der Waals surface area contributed by atoms with Crippen molar-refractivity contribution in [2.75, 3.05) is 13.7 Å². The van der Waals surface area contributed by atoms with E-state index in [1.54, 1.807) is 11.7 Å². The van der Waals surface area contributed by atoms with Crippen molar-refractivity contribution in [3.8, 4) is 0 Å². The zero-order chi connectivity index (χ0) is 22.5. The highest BCUT2D eigenvalue weighted by Gasteiger charge is 2.17. The molecule has 1 N–H and O–H groups in total. The molecule has 8 nitrogen and oxygen atoms in total. The van der Waals surface area contributed by atoms with Crippen LogP contribution in [0.4, 0.5) is 0 Å². The van der Waals surface area contributed by atoms with Crippen LogP contribution in [0.15, 0.2) is 40.5 Å². The first kappa shape index (κ1) is 22.2. The van der Waals surface area contributed by atoms with E-state index in [1.165, 1.54) is 16.9 Å². The van der Waals surface area contributed by atoms with Gasteiger partial charge in [0.25, 0.3) is 5.56 Å². The molecule has 3 heterocycles. The summed E-state index contributed by atoms with van der Waals surface area (Å²) in [6.07, 6.45) is 2.36. The van der Waals surface area contributed by atoms with Crippen LogP contribution in [-0.4, -0.2) is 38.8 Å². The maximum absolute atomic E-state index is 12.9. The summed E-state index contributed by atoms with van der Waals surface area (Å²) in [6, 6.07) is 10.1. The van der Waals surface area contributed by atoms with Gasteiger partial charge in [-0.05, 0) is 36.8 Å². The predicted octanol–water partition coefficient (Wildman–Crippen LogP) is 3.09. The monoisotopic (exact) mass is 453 g/mol. The number of ether oxygens (including phenoxy) is 1. The Morgan fingerprint density at radius 1 is 1.16 bits per heavy atom. The lowest BCUT2D eigenvalue weighted by atomic mass is 10.1. The third-order valence-electron chi connectivity index (χ3n) is 5.42. The molecule has 0 saturated carbocycles. The first-order valence-corrected chi connectivity index (χ1v) is 11.6. The molecule has 0 saturated heterocycles. The lowest BCUT2D eigenvalue weighted by Crippen LogP contribution is -2.23. The van der Waals surface area contributed by atoms with Crippen molar-refractivity contribution in [3.05, 3.63) is 63.0 Å². The molecule has 0 bridgehead atoms. The zero-order valence-corrected chi connectivity index (χ0v) is 19.2. The number of fused-ring (bicyclic) bond motifs is 3. The molecule has 0 aliphatic carbocycles. The number of rotatable bonds is 10. The van der Waals surface area contributed by atoms with Gasteiger partial charge in [-0.25, -0.2) is 0 Å². The van der Waals surface area contributed by atoms with E-state index in [0.717, 1.165) is 16.9 Å². The molecule has 168 valence electrons. The number of amides is 1. The van der Waals surface area contributed by atoms with Crippen LogP contribution >= 0.6 is 11.3 Å². The average Bonchev–Trinajstić information content (AvgIpc) is 3.43. The van der Waals surface area contributed by atoms with Gasteiger partial charge in [0.05, 0.1) is 5.52 Å². The van der Waals surface area contributed by atoms with Crippen LogP contribution < -0.4 is 10.9 Å². The minimum atomic E-state index is -0.0481. The predicted molar refractivity (Wildman–Crippen MR) is 125 cm³/mol. The summed E-state index contributed by atoms with van der Waals surface area (Å²) in [4.78, 5) is 25.2. The number of thiophene rings is 1.